The molecule has 1 saturated carbocycles. The average Bonchev–Trinajstić information content (AvgIpc) is 3.33. The highest BCUT2D eigenvalue weighted by Gasteiger charge is 2.29. The van der Waals surface area contributed by atoms with Gasteiger partial charge in [-0.25, -0.2) is 0 Å². The van der Waals surface area contributed by atoms with Crippen molar-refractivity contribution >= 4 is 17.6 Å². The Morgan fingerprint density at radius 3 is 2.28 bits per heavy atom. The van der Waals surface area contributed by atoms with Gasteiger partial charge in [-0.2, -0.15) is 0 Å². The fourth-order valence-corrected chi connectivity index (χ4v) is 4.56. The third-order valence-corrected chi connectivity index (χ3v) is 6.20. The van der Waals surface area contributed by atoms with Gasteiger partial charge >= 0.3 is 0 Å². The Bertz CT molecular complexity index is 848. The first-order valence-electron chi connectivity index (χ1n) is 10.7. The normalized spacial score (nSPS) is 18.8. The molecule has 0 aromatic heterocycles. The van der Waals surface area contributed by atoms with Gasteiger partial charge < -0.3 is 9.64 Å². The van der Waals surface area contributed by atoms with E-state index in [1.165, 1.54) is 25.7 Å². The molecule has 2 aromatic rings. The molecule has 152 valence electrons. The maximum Gasteiger partial charge on any atom is 0.254 e. The van der Waals surface area contributed by atoms with E-state index in [-0.39, 0.29) is 5.91 Å². The predicted octanol–water partition coefficient (Wildman–Crippen LogP) is 4.32. The van der Waals surface area contributed by atoms with Gasteiger partial charge in [0.25, 0.3) is 5.91 Å². The van der Waals surface area contributed by atoms with Crippen molar-refractivity contribution in [3.63, 3.8) is 0 Å². The lowest BCUT2D eigenvalue weighted by Gasteiger charge is -2.38. The monoisotopic (exact) mass is 390 g/mol. The standard InChI is InChI=1S/C25H30N2O2/c1-29-24-14-8-5-11-21(24)19-23(20-9-3-2-4-10-20)25(28)27-17-15-26(16-18-27)22-12-6-7-13-22/h2-5,8-11,14,19,22H,6-7,12-13,15-18H2,1H3/b23-19+. The van der Waals surface area contributed by atoms with E-state index in [1.807, 2.05) is 65.6 Å². The summed E-state index contributed by atoms with van der Waals surface area (Å²) < 4.78 is 5.50. The molecule has 0 bridgehead atoms. The SMILES string of the molecule is COc1ccccc1/C=C(/C(=O)N1CCN(C2CCCC2)CC1)c1ccccc1. The van der Waals surface area contributed by atoms with Crippen LogP contribution in [0.1, 0.15) is 36.8 Å². The Labute approximate surface area is 173 Å². The highest BCUT2D eigenvalue weighted by atomic mass is 16.5. The molecule has 2 aliphatic rings. The molecule has 0 spiro atoms. The van der Waals surface area contributed by atoms with E-state index in [0.717, 1.165) is 54.7 Å². The zero-order valence-corrected chi connectivity index (χ0v) is 17.2. The number of hydrogen-bond acceptors (Lipinski definition) is 3. The van der Waals surface area contributed by atoms with Crippen LogP contribution in [-0.4, -0.2) is 55.0 Å². The summed E-state index contributed by atoms with van der Waals surface area (Å²) in [5.74, 6) is 0.882. The first kappa shape index (κ1) is 19.7. The first-order valence-corrected chi connectivity index (χ1v) is 10.7. The quantitative estimate of drug-likeness (QED) is 0.563. The van der Waals surface area contributed by atoms with E-state index < -0.39 is 0 Å². The molecule has 1 amide bonds. The van der Waals surface area contributed by atoms with E-state index in [0.29, 0.717) is 0 Å². The zero-order chi connectivity index (χ0) is 20.1. The molecular formula is C25H30N2O2. The maximum atomic E-state index is 13.5. The van der Waals surface area contributed by atoms with Crippen molar-refractivity contribution in [3.05, 3.63) is 65.7 Å². The number of methoxy groups -OCH3 is 1. The van der Waals surface area contributed by atoms with Crippen molar-refractivity contribution in [1.82, 2.24) is 9.80 Å². The van der Waals surface area contributed by atoms with Gasteiger partial charge in [0.2, 0.25) is 0 Å². The average molecular weight is 391 g/mol. The molecule has 0 radical (unpaired) electrons. The van der Waals surface area contributed by atoms with Crippen molar-refractivity contribution in [2.75, 3.05) is 33.3 Å². The minimum Gasteiger partial charge on any atom is -0.496 e. The van der Waals surface area contributed by atoms with Gasteiger partial charge in [-0.1, -0.05) is 61.4 Å². The summed E-state index contributed by atoms with van der Waals surface area (Å²) in [4.78, 5) is 18.1. The molecule has 2 aromatic carbocycles. The highest BCUT2D eigenvalue weighted by molar-refractivity contribution is 6.24. The lowest BCUT2D eigenvalue weighted by atomic mass is 10.0. The number of rotatable bonds is 5. The zero-order valence-electron chi connectivity index (χ0n) is 17.2. The van der Waals surface area contributed by atoms with Gasteiger partial charge in [0.05, 0.1) is 7.11 Å². The molecule has 4 nitrogen and oxygen atoms in total. The summed E-state index contributed by atoms with van der Waals surface area (Å²) in [6, 6.07) is 18.5. The van der Waals surface area contributed by atoms with Gasteiger partial charge in [-0.15, -0.1) is 0 Å². The molecule has 0 N–H and O–H groups in total. The fourth-order valence-electron chi connectivity index (χ4n) is 4.56. The molecule has 4 rings (SSSR count). The summed E-state index contributed by atoms with van der Waals surface area (Å²) in [5.41, 5.74) is 2.60. The topological polar surface area (TPSA) is 32.8 Å². The third kappa shape index (κ3) is 4.54. The number of ether oxygens (including phenoxy) is 1. The van der Waals surface area contributed by atoms with Crippen LogP contribution in [0.5, 0.6) is 5.75 Å². The lowest BCUT2D eigenvalue weighted by Crippen LogP contribution is -2.51. The molecule has 1 saturated heterocycles. The summed E-state index contributed by atoms with van der Waals surface area (Å²) in [7, 11) is 1.67. The van der Waals surface area contributed by atoms with Crippen LogP contribution in [0.2, 0.25) is 0 Å². The van der Waals surface area contributed by atoms with Crippen molar-refractivity contribution in [1.29, 1.82) is 0 Å². The number of para-hydroxylation sites is 1. The van der Waals surface area contributed by atoms with Gasteiger partial charge in [-0.05, 0) is 30.5 Å². The number of carbonyl (C=O) groups excluding carboxylic acids is 1. The second kappa shape index (κ2) is 9.27. The van der Waals surface area contributed by atoms with Crippen molar-refractivity contribution < 1.29 is 9.53 Å². The molecule has 0 unspecified atom stereocenters. The van der Waals surface area contributed by atoms with Crippen LogP contribution in [-0.2, 0) is 4.79 Å². The minimum atomic E-state index is 0.105. The van der Waals surface area contributed by atoms with E-state index in [4.69, 9.17) is 4.74 Å². The second-order valence-electron chi connectivity index (χ2n) is 7.93. The summed E-state index contributed by atoms with van der Waals surface area (Å²) in [6.07, 6.45) is 7.31. The van der Waals surface area contributed by atoms with Crippen molar-refractivity contribution in [3.8, 4) is 5.75 Å². The number of hydrogen-bond donors (Lipinski definition) is 0. The van der Waals surface area contributed by atoms with Gasteiger partial charge in [-0.3, -0.25) is 9.69 Å². The van der Waals surface area contributed by atoms with Gasteiger partial charge in [0.1, 0.15) is 5.75 Å². The Kier molecular flexibility index (Phi) is 6.30. The maximum absolute atomic E-state index is 13.5. The van der Waals surface area contributed by atoms with Crippen LogP contribution in [0.3, 0.4) is 0 Å². The van der Waals surface area contributed by atoms with E-state index in [2.05, 4.69) is 4.90 Å². The smallest absolute Gasteiger partial charge is 0.254 e. The Morgan fingerprint density at radius 2 is 1.59 bits per heavy atom. The van der Waals surface area contributed by atoms with Crippen LogP contribution in [0, 0.1) is 0 Å². The number of benzene rings is 2. The predicted molar refractivity (Wildman–Crippen MR) is 118 cm³/mol. The van der Waals surface area contributed by atoms with Crippen LogP contribution < -0.4 is 4.74 Å². The summed E-state index contributed by atoms with van der Waals surface area (Å²) in [6.45, 7) is 3.55. The molecule has 2 fully saturated rings. The summed E-state index contributed by atoms with van der Waals surface area (Å²) >= 11 is 0. The number of carbonyl (C=O) groups is 1. The molecule has 29 heavy (non-hydrogen) atoms. The number of amides is 1. The molecular weight excluding hydrogens is 360 g/mol. The number of nitrogens with zero attached hydrogens (tertiary/aromatic N) is 2. The van der Waals surface area contributed by atoms with Crippen molar-refractivity contribution in [2.45, 2.75) is 31.7 Å². The van der Waals surface area contributed by atoms with Crippen molar-refractivity contribution in [2.24, 2.45) is 0 Å². The van der Waals surface area contributed by atoms with Gasteiger partial charge in [0, 0.05) is 43.4 Å². The minimum absolute atomic E-state index is 0.105. The van der Waals surface area contributed by atoms with Crippen LogP contribution >= 0.6 is 0 Å². The second-order valence-corrected chi connectivity index (χ2v) is 7.93. The molecule has 4 heteroatoms. The lowest BCUT2D eigenvalue weighted by molar-refractivity contribution is -0.127. The molecule has 1 heterocycles. The Morgan fingerprint density at radius 1 is 0.931 bits per heavy atom. The fraction of sp³-hybridized carbons (Fsp3) is 0.400. The van der Waals surface area contributed by atoms with Crippen LogP contribution in [0.25, 0.3) is 11.6 Å². The van der Waals surface area contributed by atoms with Crippen LogP contribution in [0.4, 0.5) is 0 Å². The molecule has 1 aliphatic carbocycles. The third-order valence-electron chi connectivity index (χ3n) is 6.20. The Hall–Kier alpha value is -2.59. The molecule has 1 aliphatic heterocycles. The van der Waals surface area contributed by atoms with Gasteiger partial charge in [0.15, 0.2) is 0 Å². The highest BCUT2D eigenvalue weighted by Crippen LogP contribution is 2.28. The summed E-state index contributed by atoms with van der Waals surface area (Å²) in [5, 5.41) is 0. The van der Waals surface area contributed by atoms with E-state index in [1.54, 1.807) is 7.11 Å². The number of piperazine rings is 1. The first-order chi connectivity index (χ1) is 14.3. The Balaban J connectivity index is 1.57. The molecule has 0 atom stereocenters. The van der Waals surface area contributed by atoms with E-state index >= 15 is 0 Å². The largest absolute Gasteiger partial charge is 0.496 e. The van der Waals surface area contributed by atoms with E-state index in [9.17, 15) is 4.79 Å². The van der Waals surface area contributed by atoms with Crippen LogP contribution in [0.15, 0.2) is 54.6 Å².